The van der Waals surface area contributed by atoms with Gasteiger partial charge in [-0.05, 0) is 51.0 Å². The molecule has 2 aromatic rings. The zero-order chi connectivity index (χ0) is 16.5. The van der Waals surface area contributed by atoms with E-state index in [-0.39, 0.29) is 10.9 Å². The van der Waals surface area contributed by atoms with Crippen molar-refractivity contribution in [2.75, 3.05) is 11.8 Å². The highest BCUT2D eigenvalue weighted by atomic mass is 32.2. The van der Waals surface area contributed by atoms with Gasteiger partial charge in [0.1, 0.15) is 5.75 Å². The van der Waals surface area contributed by atoms with Crippen molar-refractivity contribution < 1.29 is 13.2 Å². The summed E-state index contributed by atoms with van der Waals surface area (Å²) < 4.78 is 34.6. The van der Waals surface area contributed by atoms with E-state index < -0.39 is 10.0 Å². The van der Waals surface area contributed by atoms with E-state index in [1.807, 2.05) is 20.8 Å². The number of nitrogens with zero attached hydrogens (tertiary/aromatic N) is 2. The molecule has 0 amide bonds. The van der Waals surface area contributed by atoms with Gasteiger partial charge < -0.3 is 4.74 Å². The number of rotatable bonds is 5. The molecule has 0 radical (unpaired) electrons. The lowest BCUT2D eigenvalue weighted by Gasteiger charge is -2.13. The molecule has 0 bridgehead atoms. The maximum atomic E-state index is 12.6. The average molecular weight is 323 g/mol. The molecule has 6 nitrogen and oxygen atoms in total. The second kappa shape index (κ2) is 6.00. The molecule has 22 heavy (non-hydrogen) atoms. The predicted molar refractivity (Wildman–Crippen MR) is 85.9 cm³/mol. The smallest absolute Gasteiger partial charge is 0.262 e. The molecular weight excluding hydrogens is 302 g/mol. The van der Waals surface area contributed by atoms with E-state index in [2.05, 4.69) is 9.82 Å². The number of aromatic nitrogens is 2. The summed E-state index contributed by atoms with van der Waals surface area (Å²) in [6.45, 7) is 7.55. The molecule has 0 saturated heterocycles. The molecule has 7 heteroatoms. The Labute approximate surface area is 131 Å². The van der Waals surface area contributed by atoms with E-state index in [0.717, 1.165) is 5.56 Å². The first-order chi connectivity index (χ1) is 10.3. The number of nitrogens with one attached hydrogen (secondary N) is 1. The lowest BCUT2D eigenvalue weighted by atomic mass is 10.1. The van der Waals surface area contributed by atoms with Crippen LogP contribution < -0.4 is 9.46 Å². The standard InChI is InChI=1S/C15H21N3O3S/c1-10(2)18-9-13(8-16-18)17-22(19,20)15-7-6-14(21-5)11(3)12(15)4/h6-10,17H,1-5H3. The van der Waals surface area contributed by atoms with Gasteiger partial charge in [0.15, 0.2) is 0 Å². The fraction of sp³-hybridized carbons (Fsp3) is 0.400. The quantitative estimate of drug-likeness (QED) is 0.918. The SMILES string of the molecule is COc1ccc(S(=O)(=O)Nc2cnn(C(C)C)c2)c(C)c1C. The Bertz CT molecular complexity index is 779. The van der Waals surface area contributed by atoms with Crippen molar-refractivity contribution >= 4 is 15.7 Å². The van der Waals surface area contributed by atoms with Crippen LogP contribution in [0.15, 0.2) is 29.4 Å². The molecule has 1 aromatic heterocycles. The molecule has 0 saturated carbocycles. The molecule has 2 rings (SSSR count). The van der Waals surface area contributed by atoms with Crippen LogP contribution in [0, 0.1) is 13.8 Å². The van der Waals surface area contributed by atoms with Crippen molar-refractivity contribution in [2.24, 2.45) is 0 Å². The largest absolute Gasteiger partial charge is 0.496 e. The summed E-state index contributed by atoms with van der Waals surface area (Å²) in [5, 5.41) is 4.13. The van der Waals surface area contributed by atoms with Crippen molar-refractivity contribution in [3.8, 4) is 5.75 Å². The second-order valence-electron chi connectivity index (χ2n) is 5.42. The molecule has 0 aliphatic carbocycles. The highest BCUT2D eigenvalue weighted by molar-refractivity contribution is 7.92. The Morgan fingerprint density at radius 1 is 1.23 bits per heavy atom. The van der Waals surface area contributed by atoms with Crippen LogP contribution in [0.5, 0.6) is 5.75 Å². The first kappa shape index (κ1) is 16.4. The molecule has 120 valence electrons. The van der Waals surface area contributed by atoms with Crippen molar-refractivity contribution in [2.45, 2.75) is 38.6 Å². The van der Waals surface area contributed by atoms with Gasteiger partial charge in [-0.2, -0.15) is 5.10 Å². The Kier molecular flexibility index (Phi) is 4.46. The van der Waals surface area contributed by atoms with Crippen molar-refractivity contribution in [3.63, 3.8) is 0 Å². The summed E-state index contributed by atoms with van der Waals surface area (Å²) >= 11 is 0. The zero-order valence-corrected chi connectivity index (χ0v) is 14.2. The van der Waals surface area contributed by atoms with Gasteiger partial charge in [0.25, 0.3) is 10.0 Å². The van der Waals surface area contributed by atoms with Crippen LogP contribution in [0.2, 0.25) is 0 Å². The van der Waals surface area contributed by atoms with Crippen molar-refractivity contribution in [3.05, 3.63) is 35.7 Å². The van der Waals surface area contributed by atoms with Crippen molar-refractivity contribution in [1.29, 1.82) is 0 Å². The van der Waals surface area contributed by atoms with Crippen LogP contribution >= 0.6 is 0 Å². The van der Waals surface area contributed by atoms with E-state index in [4.69, 9.17) is 4.74 Å². The third kappa shape index (κ3) is 3.09. The van der Waals surface area contributed by atoms with Gasteiger partial charge in [0.2, 0.25) is 0 Å². The average Bonchev–Trinajstić information content (AvgIpc) is 2.89. The van der Waals surface area contributed by atoms with E-state index in [1.54, 1.807) is 37.0 Å². The van der Waals surface area contributed by atoms with Crippen LogP contribution in [-0.2, 0) is 10.0 Å². The van der Waals surface area contributed by atoms with Gasteiger partial charge in [-0.25, -0.2) is 8.42 Å². The summed E-state index contributed by atoms with van der Waals surface area (Å²) in [5.41, 5.74) is 1.92. The summed E-state index contributed by atoms with van der Waals surface area (Å²) in [5.74, 6) is 0.670. The topological polar surface area (TPSA) is 73.2 Å². The lowest BCUT2D eigenvalue weighted by molar-refractivity contribution is 0.411. The van der Waals surface area contributed by atoms with Gasteiger partial charge >= 0.3 is 0 Å². The highest BCUT2D eigenvalue weighted by Crippen LogP contribution is 2.28. The number of anilines is 1. The van der Waals surface area contributed by atoms with E-state index in [1.165, 1.54) is 6.20 Å². The first-order valence-corrected chi connectivity index (χ1v) is 8.45. The maximum absolute atomic E-state index is 12.6. The van der Waals surface area contributed by atoms with E-state index in [9.17, 15) is 8.42 Å². The summed E-state index contributed by atoms with van der Waals surface area (Å²) in [6.07, 6.45) is 3.18. The Hall–Kier alpha value is -2.02. The minimum atomic E-state index is -3.66. The van der Waals surface area contributed by atoms with Crippen LogP contribution in [0.1, 0.15) is 31.0 Å². The predicted octanol–water partition coefficient (Wildman–Crippen LogP) is 2.89. The van der Waals surface area contributed by atoms with Crippen LogP contribution in [-0.4, -0.2) is 25.3 Å². The molecule has 1 N–H and O–H groups in total. The molecule has 1 heterocycles. The third-order valence-electron chi connectivity index (χ3n) is 3.58. The van der Waals surface area contributed by atoms with Gasteiger partial charge in [-0.1, -0.05) is 0 Å². The minimum Gasteiger partial charge on any atom is -0.496 e. The molecule has 0 aliphatic heterocycles. The van der Waals surface area contributed by atoms with E-state index in [0.29, 0.717) is 17.0 Å². The summed E-state index contributed by atoms with van der Waals surface area (Å²) in [7, 11) is -2.10. The summed E-state index contributed by atoms with van der Waals surface area (Å²) in [6, 6.07) is 3.38. The monoisotopic (exact) mass is 323 g/mol. The number of sulfonamides is 1. The Morgan fingerprint density at radius 3 is 2.45 bits per heavy atom. The Balaban J connectivity index is 2.36. The fourth-order valence-electron chi connectivity index (χ4n) is 2.17. The number of ether oxygens (including phenoxy) is 1. The molecular formula is C15H21N3O3S. The first-order valence-electron chi connectivity index (χ1n) is 6.97. The molecule has 0 spiro atoms. The molecule has 0 aliphatic rings. The van der Waals surface area contributed by atoms with E-state index >= 15 is 0 Å². The number of benzene rings is 1. The summed E-state index contributed by atoms with van der Waals surface area (Å²) in [4.78, 5) is 0.239. The van der Waals surface area contributed by atoms with Crippen molar-refractivity contribution in [1.82, 2.24) is 9.78 Å². The number of hydrogen-bond donors (Lipinski definition) is 1. The van der Waals surface area contributed by atoms with Gasteiger partial charge in [-0.3, -0.25) is 9.40 Å². The minimum absolute atomic E-state index is 0.170. The maximum Gasteiger partial charge on any atom is 0.262 e. The van der Waals surface area contributed by atoms with Crippen LogP contribution in [0.4, 0.5) is 5.69 Å². The molecule has 0 fully saturated rings. The highest BCUT2D eigenvalue weighted by Gasteiger charge is 2.20. The van der Waals surface area contributed by atoms with Crippen LogP contribution in [0.25, 0.3) is 0 Å². The second-order valence-corrected chi connectivity index (χ2v) is 7.08. The number of methoxy groups -OCH3 is 1. The molecule has 0 unspecified atom stereocenters. The zero-order valence-electron chi connectivity index (χ0n) is 13.4. The van der Waals surface area contributed by atoms with Gasteiger partial charge in [-0.15, -0.1) is 0 Å². The lowest BCUT2D eigenvalue weighted by Crippen LogP contribution is -2.14. The van der Waals surface area contributed by atoms with Gasteiger partial charge in [0.05, 0.1) is 23.9 Å². The molecule has 1 aromatic carbocycles. The number of hydrogen-bond acceptors (Lipinski definition) is 4. The Morgan fingerprint density at radius 2 is 1.91 bits per heavy atom. The van der Waals surface area contributed by atoms with Gasteiger partial charge in [0, 0.05) is 12.2 Å². The fourth-order valence-corrected chi connectivity index (χ4v) is 3.50. The third-order valence-corrected chi connectivity index (χ3v) is 5.11. The molecule has 0 atom stereocenters. The normalized spacial score (nSPS) is 11.7. The van der Waals surface area contributed by atoms with Crippen LogP contribution in [0.3, 0.4) is 0 Å².